The molecular formula is C38H45N9O4. The maximum absolute atomic E-state index is 13.3. The SMILES string of the molecule is O=C1CCC(N2Cc3ccc(N4CC(CN5CCC(CN6CCN7c8cc(-c9ccccc9O)nnc8NC[C@H]7C6)CC5)C4)cc3C2=O)C(=O)N1. The van der Waals surface area contributed by atoms with E-state index in [0.29, 0.717) is 41.7 Å². The molecule has 1 aromatic heterocycles. The van der Waals surface area contributed by atoms with Crippen LogP contribution in [0.4, 0.5) is 17.2 Å². The molecule has 3 amide bonds. The Bertz CT molecular complexity index is 1860. The first-order valence-corrected chi connectivity index (χ1v) is 18.5. The molecule has 0 spiro atoms. The molecule has 0 radical (unpaired) electrons. The van der Waals surface area contributed by atoms with Crippen molar-refractivity contribution in [3.8, 4) is 17.0 Å². The van der Waals surface area contributed by atoms with Gasteiger partial charge in [0.1, 0.15) is 11.8 Å². The van der Waals surface area contributed by atoms with Crippen LogP contribution in [0.3, 0.4) is 0 Å². The summed E-state index contributed by atoms with van der Waals surface area (Å²) in [6, 6.07) is 15.3. The van der Waals surface area contributed by atoms with E-state index < -0.39 is 6.04 Å². The summed E-state index contributed by atoms with van der Waals surface area (Å²) < 4.78 is 0. The van der Waals surface area contributed by atoms with Crippen LogP contribution in [0.15, 0.2) is 48.5 Å². The van der Waals surface area contributed by atoms with Crippen molar-refractivity contribution < 1.29 is 19.5 Å². The highest BCUT2D eigenvalue weighted by molar-refractivity contribution is 6.05. The van der Waals surface area contributed by atoms with Crippen LogP contribution in [0.25, 0.3) is 11.3 Å². The van der Waals surface area contributed by atoms with Gasteiger partial charge in [0, 0.05) is 88.1 Å². The number of amides is 3. The molecule has 2 atom stereocenters. The van der Waals surface area contributed by atoms with Crippen LogP contribution in [0.5, 0.6) is 5.75 Å². The molecule has 6 aliphatic heterocycles. The van der Waals surface area contributed by atoms with Gasteiger partial charge in [0.15, 0.2) is 5.82 Å². The Morgan fingerprint density at radius 3 is 2.45 bits per heavy atom. The number of carbonyl (C=O) groups is 3. The predicted molar refractivity (Wildman–Crippen MR) is 193 cm³/mol. The number of hydrogen-bond acceptors (Lipinski definition) is 11. The fourth-order valence-electron chi connectivity index (χ4n) is 9.06. The molecule has 3 aromatic rings. The molecule has 2 aromatic carbocycles. The Kier molecular flexibility index (Phi) is 8.26. The zero-order chi connectivity index (χ0) is 34.6. The first-order chi connectivity index (χ1) is 24.9. The summed E-state index contributed by atoms with van der Waals surface area (Å²) >= 11 is 0. The zero-order valence-corrected chi connectivity index (χ0v) is 28.8. The topological polar surface area (TPSA) is 137 Å². The molecule has 6 aliphatic rings. The fourth-order valence-corrected chi connectivity index (χ4v) is 9.06. The minimum Gasteiger partial charge on any atom is -0.507 e. The summed E-state index contributed by atoms with van der Waals surface area (Å²) in [6.07, 6.45) is 3.12. The average molecular weight is 692 g/mol. The van der Waals surface area contributed by atoms with Crippen LogP contribution in [0.2, 0.25) is 0 Å². The van der Waals surface area contributed by atoms with Crippen molar-refractivity contribution >= 4 is 34.9 Å². The second-order valence-electron chi connectivity index (χ2n) is 15.2. The molecule has 13 nitrogen and oxygen atoms in total. The van der Waals surface area contributed by atoms with E-state index in [1.54, 1.807) is 11.0 Å². The van der Waals surface area contributed by atoms with E-state index in [1.165, 1.54) is 12.8 Å². The van der Waals surface area contributed by atoms with Gasteiger partial charge in [-0.05, 0) is 74.2 Å². The number of benzene rings is 2. The second-order valence-corrected chi connectivity index (χ2v) is 15.2. The summed E-state index contributed by atoms with van der Waals surface area (Å²) in [4.78, 5) is 49.0. The molecule has 0 saturated carbocycles. The lowest BCUT2D eigenvalue weighted by molar-refractivity contribution is -0.136. The summed E-state index contributed by atoms with van der Waals surface area (Å²) in [5.74, 6) is 1.63. The van der Waals surface area contributed by atoms with Crippen molar-refractivity contribution in [2.45, 2.75) is 44.3 Å². The van der Waals surface area contributed by atoms with Gasteiger partial charge in [-0.25, -0.2) is 0 Å². The molecule has 4 saturated heterocycles. The number of imide groups is 1. The van der Waals surface area contributed by atoms with E-state index in [-0.39, 0.29) is 29.9 Å². The lowest BCUT2D eigenvalue weighted by Gasteiger charge is -2.47. The number of likely N-dealkylation sites (tertiary alicyclic amines) is 1. The summed E-state index contributed by atoms with van der Waals surface area (Å²) in [5.41, 5.74) is 5.17. The number of anilines is 3. The Labute approximate surface area is 297 Å². The van der Waals surface area contributed by atoms with E-state index in [4.69, 9.17) is 0 Å². The van der Waals surface area contributed by atoms with Gasteiger partial charge in [0.05, 0.1) is 17.4 Å². The van der Waals surface area contributed by atoms with Crippen LogP contribution >= 0.6 is 0 Å². The molecule has 51 heavy (non-hydrogen) atoms. The van der Waals surface area contributed by atoms with Gasteiger partial charge < -0.3 is 30.0 Å². The van der Waals surface area contributed by atoms with E-state index in [9.17, 15) is 19.5 Å². The number of rotatable bonds is 7. The standard InChI is InChI=1S/C38H45N9O4/c48-34-4-2-1-3-29(34)31-16-33-36(42-41-31)39-17-28-23-44(13-14-46(28)33)18-24-9-11-43(12-10-24)19-25-20-45(21-25)27-6-5-26-22-47(38(51)30(26)15-27)32-7-8-35(49)40-37(32)50/h1-6,15-16,24-25,28,32,48H,7-14,17-23H2,(H,39,42)(H,40,49,50)/t28-,32?/m0/s1. The number of phenols is 1. The van der Waals surface area contributed by atoms with Gasteiger partial charge in [-0.15, -0.1) is 10.2 Å². The van der Waals surface area contributed by atoms with Crippen molar-refractivity contribution in [2.75, 3.05) is 80.6 Å². The lowest BCUT2D eigenvalue weighted by Crippen LogP contribution is -2.58. The van der Waals surface area contributed by atoms with E-state index in [2.05, 4.69) is 52.6 Å². The van der Waals surface area contributed by atoms with E-state index in [1.807, 2.05) is 30.3 Å². The first-order valence-electron chi connectivity index (χ1n) is 18.5. The Balaban J connectivity index is 0.728. The van der Waals surface area contributed by atoms with Crippen LogP contribution in [-0.4, -0.2) is 125 Å². The quantitative estimate of drug-likeness (QED) is 0.315. The number of hydrogen-bond donors (Lipinski definition) is 3. The molecular weight excluding hydrogens is 646 g/mol. The van der Waals surface area contributed by atoms with Gasteiger partial charge in [0.2, 0.25) is 11.8 Å². The van der Waals surface area contributed by atoms with Crippen LogP contribution < -0.4 is 20.4 Å². The highest BCUT2D eigenvalue weighted by Crippen LogP contribution is 2.37. The first kappa shape index (κ1) is 32.2. The number of aromatic nitrogens is 2. The number of phenolic OH excluding ortho intramolecular Hbond substituents is 1. The number of carbonyl (C=O) groups excluding carboxylic acids is 3. The van der Waals surface area contributed by atoms with Crippen LogP contribution in [0, 0.1) is 11.8 Å². The van der Waals surface area contributed by atoms with E-state index in [0.717, 1.165) is 94.1 Å². The third-order valence-electron chi connectivity index (χ3n) is 11.9. The van der Waals surface area contributed by atoms with Crippen molar-refractivity contribution in [1.29, 1.82) is 0 Å². The number of nitrogens with one attached hydrogen (secondary N) is 2. The lowest BCUT2D eigenvalue weighted by atomic mass is 9.92. The third kappa shape index (κ3) is 6.16. The van der Waals surface area contributed by atoms with Crippen LogP contribution in [0.1, 0.15) is 41.6 Å². The highest BCUT2D eigenvalue weighted by Gasteiger charge is 2.40. The molecule has 266 valence electrons. The van der Waals surface area contributed by atoms with Crippen LogP contribution in [-0.2, 0) is 16.1 Å². The van der Waals surface area contributed by atoms with Gasteiger partial charge in [-0.1, -0.05) is 18.2 Å². The molecule has 4 fully saturated rings. The molecule has 0 bridgehead atoms. The Morgan fingerprint density at radius 1 is 0.804 bits per heavy atom. The van der Waals surface area contributed by atoms with Crippen molar-refractivity contribution in [2.24, 2.45) is 11.8 Å². The van der Waals surface area contributed by atoms with Crippen molar-refractivity contribution in [3.05, 3.63) is 59.7 Å². The maximum atomic E-state index is 13.3. The highest BCUT2D eigenvalue weighted by atomic mass is 16.3. The van der Waals surface area contributed by atoms with E-state index >= 15 is 0 Å². The molecule has 13 heteroatoms. The second kappa shape index (κ2) is 13.1. The average Bonchev–Trinajstić information content (AvgIpc) is 3.45. The minimum atomic E-state index is -0.580. The summed E-state index contributed by atoms with van der Waals surface area (Å²) in [6.45, 7) is 10.8. The van der Waals surface area contributed by atoms with Crippen molar-refractivity contribution in [3.63, 3.8) is 0 Å². The molecule has 1 unspecified atom stereocenters. The van der Waals surface area contributed by atoms with Gasteiger partial charge in [0.25, 0.3) is 5.91 Å². The molecule has 9 rings (SSSR count). The normalized spacial score (nSPS) is 24.5. The predicted octanol–water partition coefficient (Wildman–Crippen LogP) is 2.37. The maximum Gasteiger partial charge on any atom is 0.255 e. The number of nitrogens with zero attached hydrogens (tertiary/aromatic N) is 7. The Morgan fingerprint density at radius 2 is 1.63 bits per heavy atom. The van der Waals surface area contributed by atoms with Gasteiger partial charge in [-0.3, -0.25) is 24.6 Å². The van der Waals surface area contributed by atoms with Gasteiger partial charge >= 0.3 is 0 Å². The monoisotopic (exact) mass is 691 g/mol. The largest absolute Gasteiger partial charge is 0.507 e. The minimum absolute atomic E-state index is 0.113. The number of piperidine rings is 2. The Hall–Kier alpha value is -4.75. The van der Waals surface area contributed by atoms with Gasteiger partial charge in [-0.2, -0.15) is 0 Å². The fraction of sp³-hybridized carbons (Fsp3) is 0.500. The molecule has 7 heterocycles. The number of para-hydroxylation sites is 1. The number of fused-ring (bicyclic) bond motifs is 4. The van der Waals surface area contributed by atoms with Crippen molar-refractivity contribution in [1.82, 2.24) is 30.2 Å². The third-order valence-corrected chi connectivity index (χ3v) is 11.9. The molecule has 3 N–H and O–H groups in total. The summed E-state index contributed by atoms with van der Waals surface area (Å²) in [7, 11) is 0. The number of piperazine rings is 1. The zero-order valence-electron chi connectivity index (χ0n) is 28.8. The smallest absolute Gasteiger partial charge is 0.255 e. The molecule has 0 aliphatic carbocycles. The number of aromatic hydroxyl groups is 1. The summed E-state index contributed by atoms with van der Waals surface area (Å²) in [5, 5.41) is 25.1.